The summed E-state index contributed by atoms with van der Waals surface area (Å²) in [6, 6.07) is 9.00. The maximum atomic E-state index is 6.19. The van der Waals surface area contributed by atoms with E-state index in [0.717, 1.165) is 32.7 Å². The number of fused-ring (bicyclic) bond motifs is 1. The van der Waals surface area contributed by atoms with Crippen LogP contribution in [-0.2, 0) is 11.2 Å². The predicted molar refractivity (Wildman–Crippen MR) is 77.0 cm³/mol. The van der Waals surface area contributed by atoms with Crippen molar-refractivity contribution in [3.05, 3.63) is 35.4 Å². The zero-order chi connectivity index (χ0) is 13.2. The maximum absolute atomic E-state index is 6.19. The highest BCUT2D eigenvalue weighted by molar-refractivity contribution is 5.31. The molecule has 0 aromatic heterocycles. The molecule has 3 atom stereocenters. The predicted octanol–water partition coefficient (Wildman–Crippen LogP) is 1.97. The van der Waals surface area contributed by atoms with Gasteiger partial charge in [-0.25, -0.2) is 0 Å². The first kappa shape index (κ1) is 13.1. The third-order valence-electron chi connectivity index (χ3n) is 4.62. The zero-order valence-corrected chi connectivity index (χ0v) is 11.7. The minimum absolute atomic E-state index is 0.227. The highest BCUT2D eigenvalue weighted by Crippen LogP contribution is 2.28. The summed E-state index contributed by atoms with van der Waals surface area (Å²) in [6.45, 7) is 6.24. The largest absolute Gasteiger partial charge is 0.372 e. The van der Waals surface area contributed by atoms with Crippen molar-refractivity contribution >= 4 is 0 Å². The van der Waals surface area contributed by atoms with Crippen LogP contribution in [0, 0.1) is 5.92 Å². The van der Waals surface area contributed by atoms with E-state index in [9.17, 15) is 0 Å². The van der Waals surface area contributed by atoms with Gasteiger partial charge in [0.1, 0.15) is 0 Å². The molecule has 104 valence electrons. The molecule has 1 saturated heterocycles. The Morgan fingerprint density at radius 3 is 3.05 bits per heavy atom. The molecule has 0 spiro atoms. The summed E-state index contributed by atoms with van der Waals surface area (Å²) in [5, 5.41) is 0. The van der Waals surface area contributed by atoms with Gasteiger partial charge in [-0.2, -0.15) is 0 Å². The van der Waals surface area contributed by atoms with Crippen molar-refractivity contribution in [1.82, 2.24) is 4.90 Å². The van der Waals surface area contributed by atoms with Gasteiger partial charge < -0.3 is 10.5 Å². The maximum Gasteiger partial charge on any atom is 0.0954 e. The standard InChI is InChI=1S/C16H24N2O/c1-12-6-8-18(10-15(12)17)11-16-14-5-3-2-4-13(14)7-9-19-16/h2-5,12,15-16H,6-11,17H2,1H3. The molecule has 2 heterocycles. The lowest BCUT2D eigenvalue weighted by atomic mass is 9.92. The Balaban J connectivity index is 1.68. The molecule has 19 heavy (non-hydrogen) atoms. The fourth-order valence-corrected chi connectivity index (χ4v) is 3.20. The summed E-state index contributed by atoms with van der Waals surface area (Å²) in [7, 11) is 0. The Hall–Kier alpha value is -0.900. The van der Waals surface area contributed by atoms with Crippen molar-refractivity contribution in [2.24, 2.45) is 11.7 Å². The normalized spacial score (nSPS) is 32.0. The van der Waals surface area contributed by atoms with Gasteiger partial charge in [-0.1, -0.05) is 31.2 Å². The van der Waals surface area contributed by atoms with Gasteiger partial charge in [-0.15, -0.1) is 0 Å². The third-order valence-corrected chi connectivity index (χ3v) is 4.62. The first-order valence-corrected chi connectivity index (χ1v) is 7.41. The molecule has 3 heteroatoms. The molecule has 0 aliphatic carbocycles. The third kappa shape index (κ3) is 2.83. The van der Waals surface area contributed by atoms with Crippen LogP contribution in [-0.4, -0.2) is 37.2 Å². The molecule has 1 aromatic carbocycles. The highest BCUT2D eigenvalue weighted by Gasteiger charge is 2.27. The van der Waals surface area contributed by atoms with E-state index in [1.54, 1.807) is 0 Å². The molecular weight excluding hydrogens is 236 g/mol. The lowest BCUT2D eigenvalue weighted by Gasteiger charge is -2.38. The SMILES string of the molecule is CC1CCN(CC2OCCc3ccccc32)CC1N. The van der Waals surface area contributed by atoms with Crippen LogP contribution < -0.4 is 5.73 Å². The van der Waals surface area contributed by atoms with E-state index in [1.165, 1.54) is 17.5 Å². The molecule has 1 fully saturated rings. The number of piperidine rings is 1. The van der Waals surface area contributed by atoms with Gasteiger partial charge in [0, 0.05) is 19.1 Å². The van der Waals surface area contributed by atoms with E-state index >= 15 is 0 Å². The number of hydrogen-bond donors (Lipinski definition) is 1. The van der Waals surface area contributed by atoms with Gasteiger partial charge >= 0.3 is 0 Å². The molecule has 1 aromatic rings. The molecule has 2 aliphatic heterocycles. The van der Waals surface area contributed by atoms with Gasteiger partial charge in [0.25, 0.3) is 0 Å². The first-order chi connectivity index (χ1) is 9.24. The van der Waals surface area contributed by atoms with Crippen molar-refractivity contribution in [2.45, 2.75) is 31.9 Å². The zero-order valence-electron chi connectivity index (χ0n) is 11.7. The van der Waals surface area contributed by atoms with Crippen LogP contribution in [0.2, 0.25) is 0 Å². The quantitative estimate of drug-likeness (QED) is 0.883. The van der Waals surface area contributed by atoms with Crippen LogP contribution in [0.25, 0.3) is 0 Å². The molecule has 2 aliphatic rings. The Morgan fingerprint density at radius 2 is 2.21 bits per heavy atom. The van der Waals surface area contributed by atoms with Crippen molar-refractivity contribution in [1.29, 1.82) is 0 Å². The number of benzene rings is 1. The van der Waals surface area contributed by atoms with Crippen LogP contribution in [0.15, 0.2) is 24.3 Å². The molecule has 3 nitrogen and oxygen atoms in total. The number of nitrogens with zero attached hydrogens (tertiary/aromatic N) is 1. The summed E-state index contributed by atoms with van der Waals surface area (Å²) in [4.78, 5) is 2.47. The number of hydrogen-bond acceptors (Lipinski definition) is 3. The molecule has 0 amide bonds. The second-order valence-corrected chi connectivity index (χ2v) is 6.00. The summed E-state index contributed by atoms with van der Waals surface area (Å²) < 4.78 is 5.99. The van der Waals surface area contributed by atoms with Gasteiger partial charge in [0.2, 0.25) is 0 Å². The monoisotopic (exact) mass is 260 g/mol. The van der Waals surface area contributed by atoms with Crippen molar-refractivity contribution in [2.75, 3.05) is 26.2 Å². The van der Waals surface area contributed by atoms with Gasteiger partial charge in [0.05, 0.1) is 12.7 Å². The van der Waals surface area contributed by atoms with Crippen LogP contribution in [0.3, 0.4) is 0 Å². The average Bonchev–Trinajstić information content (AvgIpc) is 2.43. The smallest absolute Gasteiger partial charge is 0.0954 e. The Labute approximate surface area is 115 Å². The van der Waals surface area contributed by atoms with E-state index in [4.69, 9.17) is 10.5 Å². The molecule has 3 unspecified atom stereocenters. The number of rotatable bonds is 2. The second-order valence-electron chi connectivity index (χ2n) is 6.00. The molecule has 0 bridgehead atoms. The summed E-state index contributed by atoms with van der Waals surface area (Å²) in [5.41, 5.74) is 9.01. The van der Waals surface area contributed by atoms with Crippen LogP contribution in [0.1, 0.15) is 30.6 Å². The lowest BCUT2D eigenvalue weighted by molar-refractivity contribution is 0.00688. The average molecular weight is 260 g/mol. The van der Waals surface area contributed by atoms with Crippen LogP contribution >= 0.6 is 0 Å². The topological polar surface area (TPSA) is 38.5 Å². The van der Waals surface area contributed by atoms with Gasteiger partial charge in [-0.3, -0.25) is 4.90 Å². The number of likely N-dealkylation sites (tertiary alicyclic amines) is 1. The minimum atomic E-state index is 0.227. The van der Waals surface area contributed by atoms with Crippen molar-refractivity contribution in [3.63, 3.8) is 0 Å². The first-order valence-electron chi connectivity index (χ1n) is 7.41. The molecule has 3 rings (SSSR count). The van der Waals surface area contributed by atoms with E-state index in [0.29, 0.717) is 12.0 Å². The fraction of sp³-hybridized carbons (Fsp3) is 0.625. The number of nitrogens with two attached hydrogens (primary N) is 1. The summed E-state index contributed by atoms with van der Waals surface area (Å²) in [5.74, 6) is 0.649. The summed E-state index contributed by atoms with van der Waals surface area (Å²) >= 11 is 0. The van der Waals surface area contributed by atoms with Gasteiger partial charge in [0.15, 0.2) is 0 Å². The molecule has 0 saturated carbocycles. The molecule has 2 N–H and O–H groups in total. The van der Waals surface area contributed by atoms with Crippen molar-refractivity contribution < 1.29 is 4.74 Å². The minimum Gasteiger partial charge on any atom is -0.372 e. The van der Waals surface area contributed by atoms with Crippen molar-refractivity contribution in [3.8, 4) is 0 Å². The second kappa shape index (κ2) is 5.61. The summed E-state index contributed by atoms with van der Waals surface area (Å²) in [6.07, 6.45) is 2.48. The highest BCUT2D eigenvalue weighted by atomic mass is 16.5. The Morgan fingerprint density at radius 1 is 1.37 bits per heavy atom. The molecule has 0 radical (unpaired) electrons. The fourth-order valence-electron chi connectivity index (χ4n) is 3.20. The Kier molecular flexibility index (Phi) is 3.87. The Bertz CT molecular complexity index is 435. The lowest BCUT2D eigenvalue weighted by Crippen LogP contribution is -2.49. The van der Waals surface area contributed by atoms with E-state index in [2.05, 4.69) is 36.1 Å². The number of ether oxygens (including phenoxy) is 1. The van der Waals surface area contributed by atoms with E-state index in [1.807, 2.05) is 0 Å². The van der Waals surface area contributed by atoms with Crippen LogP contribution in [0.4, 0.5) is 0 Å². The van der Waals surface area contributed by atoms with Crippen LogP contribution in [0.5, 0.6) is 0 Å². The molecular formula is C16H24N2O. The van der Waals surface area contributed by atoms with E-state index < -0.39 is 0 Å². The van der Waals surface area contributed by atoms with Gasteiger partial charge in [-0.05, 0) is 36.4 Å². The van der Waals surface area contributed by atoms with E-state index in [-0.39, 0.29) is 6.10 Å².